The van der Waals surface area contributed by atoms with Gasteiger partial charge in [-0.1, -0.05) is 0 Å². The standard InChI is InChI=1S/C12H14N8/c1-2-19(6-14)12-10(16)20(7-15)9-3-8(4-13)5-17-11(9)18-12/h3,5,7,15-16H,2,6,14H2,1H3. The van der Waals surface area contributed by atoms with Crippen LogP contribution in [0.15, 0.2) is 12.3 Å². The molecule has 0 aliphatic heterocycles. The Hall–Kier alpha value is -2.79. The van der Waals surface area contributed by atoms with Crippen LogP contribution in [-0.4, -0.2) is 34.1 Å². The van der Waals surface area contributed by atoms with Crippen LogP contribution in [0.5, 0.6) is 0 Å². The van der Waals surface area contributed by atoms with E-state index in [0.717, 1.165) is 6.34 Å². The maximum Gasteiger partial charge on any atom is 0.178 e. The maximum absolute atomic E-state index is 8.90. The fourth-order valence-corrected chi connectivity index (χ4v) is 1.87. The van der Waals surface area contributed by atoms with Gasteiger partial charge in [-0.15, -0.1) is 0 Å². The number of hydrogen-bond donors (Lipinski definition) is 3. The van der Waals surface area contributed by atoms with Gasteiger partial charge in [0.2, 0.25) is 0 Å². The number of hydrogen-bond acceptors (Lipinski definition) is 7. The zero-order valence-electron chi connectivity index (χ0n) is 11.0. The van der Waals surface area contributed by atoms with Crippen LogP contribution in [0, 0.1) is 22.1 Å². The Bertz CT molecular complexity index is 750. The first kappa shape index (κ1) is 13.6. The number of aromatic nitrogens is 3. The molecule has 2 aromatic heterocycles. The fraction of sp³-hybridized carbons (Fsp3) is 0.250. The first-order valence-electron chi connectivity index (χ1n) is 5.98. The highest BCUT2D eigenvalue weighted by atomic mass is 15.3. The van der Waals surface area contributed by atoms with Crippen molar-refractivity contribution >= 4 is 23.3 Å². The normalized spacial score (nSPS) is 10.2. The van der Waals surface area contributed by atoms with Crippen LogP contribution in [0.3, 0.4) is 0 Å². The highest BCUT2D eigenvalue weighted by Gasteiger charge is 2.13. The molecule has 0 saturated heterocycles. The number of fused-ring (bicyclic) bond motifs is 1. The molecule has 0 radical (unpaired) electrons. The third-order valence-corrected chi connectivity index (χ3v) is 2.93. The van der Waals surface area contributed by atoms with E-state index in [4.69, 9.17) is 21.8 Å². The molecule has 0 spiro atoms. The second kappa shape index (κ2) is 5.46. The van der Waals surface area contributed by atoms with Crippen LogP contribution >= 0.6 is 0 Å². The summed E-state index contributed by atoms with van der Waals surface area (Å²) in [5, 5.41) is 24.5. The number of rotatable bonds is 4. The minimum atomic E-state index is 0.0386. The van der Waals surface area contributed by atoms with Gasteiger partial charge in [-0.3, -0.25) is 15.4 Å². The molecule has 0 aliphatic carbocycles. The average molecular weight is 270 g/mol. The van der Waals surface area contributed by atoms with E-state index in [2.05, 4.69) is 9.97 Å². The lowest BCUT2D eigenvalue weighted by molar-refractivity contribution is 0.801. The first-order chi connectivity index (χ1) is 9.65. The van der Waals surface area contributed by atoms with Crippen LogP contribution < -0.4 is 16.1 Å². The summed E-state index contributed by atoms with van der Waals surface area (Å²) < 4.78 is 1.32. The lowest BCUT2D eigenvalue weighted by Crippen LogP contribution is -2.37. The number of anilines is 1. The number of pyridine rings is 1. The summed E-state index contributed by atoms with van der Waals surface area (Å²) in [6.07, 6.45) is 2.42. The summed E-state index contributed by atoms with van der Waals surface area (Å²) in [7, 11) is 0. The second-order valence-electron chi connectivity index (χ2n) is 4.00. The van der Waals surface area contributed by atoms with Gasteiger partial charge < -0.3 is 10.6 Å². The summed E-state index contributed by atoms with van der Waals surface area (Å²) in [6.45, 7) is 2.71. The Labute approximate surface area is 115 Å². The van der Waals surface area contributed by atoms with E-state index in [0.29, 0.717) is 29.1 Å². The molecular weight excluding hydrogens is 256 g/mol. The van der Waals surface area contributed by atoms with Gasteiger partial charge in [0, 0.05) is 12.7 Å². The first-order valence-corrected chi connectivity index (χ1v) is 5.98. The lowest BCUT2D eigenvalue weighted by Gasteiger charge is -2.20. The molecule has 0 aromatic carbocycles. The van der Waals surface area contributed by atoms with Crippen LogP contribution in [0.2, 0.25) is 0 Å². The average Bonchev–Trinajstić information content (AvgIpc) is 2.48. The summed E-state index contributed by atoms with van der Waals surface area (Å²) in [5.74, 6) is 0.364. The molecule has 0 saturated carbocycles. The molecule has 0 aliphatic rings. The predicted molar refractivity (Wildman–Crippen MR) is 74.4 cm³/mol. The van der Waals surface area contributed by atoms with Gasteiger partial charge in [0.15, 0.2) is 17.0 Å². The molecule has 0 atom stereocenters. The molecule has 0 bridgehead atoms. The Morgan fingerprint density at radius 1 is 1.60 bits per heavy atom. The summed E-state index contributed by atoms with van der Waals surface area (Å²) >= 11 is 0. The van der Waals surface area contributed by atoms with E-state index >= 15 is 0 Å². The van der Waals surface area contributed by atoms with Crippen molar-refractivity contribution in [3.63, 3.8) is 0 Å². The predicted octanol–water partition coefficient (Wildman–Crippen LogP) is -0.0199. The van der Waals surface area contributed by atoms with E-state index < -0.39 is 0 Å². The number of nitrogens with one attached hydrogen (secondary N) is 2. The van der Waals surface area contributed by atoms with Crippen LogP contribution in [0.25, 0.3) is 11.2 Å². The van der Waals surface area contributed by atoms with Crippen LogP contribution in [0.4, 0.5) is 5.82 Å². The Morgan fingerprint density at radius 3 is 2.90 bits per heavy atom. The summed E-state index contributed by atoms with van der Waals surface area (Å²) in [4.78, 5) is 10.1. The number of nitriles is 1. The second-order valence-corrected chi connectivity index (χ2v) is 4.00. The van der Waals surface area contributed by atoms with Gasteiger partial charge in [0.1, 0.15) is 6.07 Å². The molecule has 0 unspecified atom stereocenters. The minimum Gasteiger partial charge on any atom is -0.341 e. The van der Waals surface area contributed by atoms with Crippen molar-refractivity contribution in [2.75, 3.05) is 18.1 Å². The summed E-state index contributed by atoms with van der Waals surface area (Å²) in [6, 6.07) is 3.54. The van der Waals surface area contributed by atoms with Gasteiger partial charge in [-0.2, -0.15) is 5.26 Å². The van der Waals surface area contributed by atoms with Gasteiger partial charge in [-0.05, 0) is 13.0 Å². The number of nitrogens with two attached hydrogens (primary N) is 1. The smallest absolute Gasteiger partial charge is 0.178 e. The molecule has 0 fully saturated rings. The van der Waals surface area contributed by atoms with E-state index in [-0.39, 0.29) is 12.2 Å². The highest BCUT2D eigenvalue weighted by Crippen LogP contribution is 2.12. The van der Waals surface area contributed by atoms with Gasteiger partial charge in [-0.25, -0.2) is 9.97 Å². The Balaban J connectivity index is 2.83. The number of nitrogens with zero attached hydrogens (tertiary/aromatic N) is 5. The quantitative estimate of drug-likeness (QED) is 0.408. The van der Waals surface area contributed by atoms with Crippen molar-refractivity contribution < 1.29 is 0 Å². The van der Waals surface area contributed by atoms with Crippen molar-refractivity contribution in [1.82, 2.24) is 14.5 Å². The molecule has 0 amide bonds. The van der Waals surface area contributed by atoms with Crippen molar-refractivity contribution in [3.8, 4) is 6.07 Å². The molecule has 2 heterocycles. The topological polar surface area (TPSA) is 131 Å². The van der Waals surface area contributed by atoms with E-state index in [9.17, 15) is 0 Å². The van der Waals surface area contributed by atoms with Crippen molar-refractivity contribution in [2.24, 2.45) is 5.73 Å². The van der Waals surface area contributed by atoms with Gasteiger partial charge in [0.25, 0.3) is 0 Å². The van der Waals surface area contributed by atoms with Crippen molar-refractivity contribution in [1.29, 1.82) is 16.1 Å². The minimum absolute atomic E-state index is 0.0386. The van der Waals surface area contributed by atoms with Crippen molar-refractivity contribution in [2.45, 2.75) is 6.92 Å². The van der Waals surface area contributed by atoms with Gasteiger partial charge >= 0.3 is 0 Å². The summed E-state index contributed by atoms with van der Waals surface area (Å²) in [5.41, 5.74) is 6.84. The molecule has 2 aromatic rings. The fourth-order valence-electron chi connectivity index (χ4n) is 1.87. The largest absolute Gasteiger partial charge is 0.341 e. The van der Waals surface area contributed by atoms with E-state index in [1.807, 2.05) is 13.0 Å². The van der Waals surface area contributed by atoms with Crippen molar-refractivity contribution in [3.05, 3.63) is 23.3 Å². The maximum atomic E-state index is 8.90. The molecule has 102 valence electrons. The van der Waals surface area contributed by atoms with E-state index in [1.165, 1.54) is 10.8 Å². The zero-order chi connectivity index (χ0) is 14.7. The third kappa shape index (κ3) is 2.10. The zero-order valence-corrected chi connectivity index (χ0v) is 11.0. The van der Waals surface area contributed by atoms with Crippen LogP contribution in [0.1, 0.15) is 12.5 Å². The molecule has 20 heavy (non-hydrogen) atoms. The molecule has 2 rings (SSSR count). The SMILES string of the molecule is CCN(CN)c1nc2ncc(C#N)cc2n(C=N)c1=N. The molecular formula is C12H14N8. The Morgan fingerprint density at radius 2 is 2.35 bits per heavy atom. The molecule has 4 N–H and O–H groups in total. The lowest BCUT2D eigenvalue weighted by atomic mass is 10.3. The van der Waals surface area contributed by atoms with Crippen LogP contribution in [-0.2, 0) is 0 Å². The van der Waals surface area contributed by atoms with E-state index in [1.54, 1.807) is 11.0 Å². The van der Waals surface area contributed by atoms with Gasteiger partial charge in [0.05, 0.1) is 24.1 Å². The third-order valence-electron chi connectivity index (χ3n) is 2.93. The highest BCUT2D eigenvalue weighted by molar-refractivity contribution is 5.80. The molecule has 8 heteroatoms. The Kier molecular flexibility index (Phi) is 3.72. The molecule has 8 nitrogen and oxygen atoms in total. The monoisotopic (exact) mass is 270 g/mol.